The van der Waals surface area contributed by atoms with E-state index in [4.69, 9.17) is 4.74 Å². The van der Waals surface area contributed by atoms with E-state index in [-0.39, 0.29) is 0 Å². The van der Waals surface area contributed by atoms with Gasteiger partial charge >= 0.3 is 0 Å². The fraction of sp³-hybridized carbons (Fsp3) is 1.00. The van der Waals surface area contributed by atoms with Gasteiger partial charge in [0.2, 0.25) is 0 Å². The molecule has 0 aliphatic heterocycles. The number of rotatable bonds is 4. The van der Waals surface area contributed by atoms with Crippen molar-refractivity contribution < 1.29 is 4.74 Å². The first-order chi connectivity index (χ1) is 3.81. The Hall–Kier alpha value is -0.0800. The zero-order valence-electron chi connectivity index (χ0n) is 5.98. The monoisotopic (exact) mass is 117 g/mol. The molecule has 0 saturated heterocycles. The third kappa shape index (κ3) is 4.09. The van der Waals surface area contributed by atoms with Gasteiger partial charge in [0.1, 0.15) is 0 Å². The van der Waals surface area contributed by atoms with Crippen LogP contribution in [0.5, 0.6) is 0 Å². The average Bonchev–Trinajstić information content (AvgIpc) is 1.83. The van der Waals surface area contributed by atoms with Crippen molar-refractivity contribution in [2.24, 2.45) is 0 Å². The summed E-state index contributed by atoms with van der Waals surface area (Å²) in [7, 11) is 2.04. The van der Waals surface area contributed by atoms with Gasteiger partial charge in [-0.05, 0) is 20.5 Å². The van der Waals surface area contributed by atoms with Gasteiger partial charge in [0.05, 0.1) is 6.73 Å². The van der Waals surface area contributed by atoms with Crippen molar-refractivity contribution in [3.63, 3.8) is 0 Å². The van der Waals surface area contributed by atoms with E-state index in [0.717, 1.165) is 19.9 Å². The van der Waals surface area contributed by atoms with E-state index in [0.29, 0.717) is 0 Å². The molecule has 0 aliphatic rings. The van der Waals surface area contributed by atoms with E-state index < -0.39 is 0 Å². The molecule has 2 nitrogen and oxygen atoms in total. The molecule has 0 unspecified atom stereocenters. The summed E-state index contributed by atoms with van der Waals surface area (Å²) < 4.78 is 5.11. The second kappa shape index (κ2) is 5.06. The molecule has 0 N–H and O–H groups in total. The van der Waals surface area contributed by atoms with Crippen molar-refractivity contribution in [3.8, 4) is 0 Å². The lowest BCUT2D eigenvalue weighted by atomic mass is 10.7. The Kier molecular flexibility index (Phi) is 5.01. The van der Waals surface area contributed by atoms with E-state index in [1.54, 1.807) is 0 Å². The van der Waals surface area contributed by atoms with Gasteiger partial charge in [-0.2, -0.15) is 0 Å². The maximum Gasteiger partial charge on any atom is 0.0987 e. The molecule has 8 heavy (non-hydrogen) atoms. The van der Waals surface area contributed by atoms with Crippen LogP contribution in [0.15, 0.2) is 0 Å². The zero-order valence-corrected chi connectivity index (χ0v) is 5.98. The fourth-order valence-electron chi connectivity index (χ4n) is 0.338. The van der Waals surface area contributed by atoms with Gasteiger partial charge in [-0.15, -0.1) is 0 Å². The molecule has 0 fully saturated rings. The first-order valence-electron chi connectivity index (χ1n) is 3.07. The second-order valence-electron chi connectivity index (χ2n) is 1.79. The molecule has 50 valence electrons. The topological polar surface area (TPSA) is 12.5 Å². The van der Waals surface area contributed by atoms with Crippen LogP contribution < -0.4 is 0 Å². The summed E-state index contributed by atoms with van der Waals surface area (Å²) in [5.74, 6) is 0. The molecule has 0 atom stereocenters. The van der Waals surface area contributed by atoms with Crippen LogP contribution in [-0.4, -0.2) is 31.8 Å². The largest absolute Gasteiger partial charge is 0.366 e. The second-order valence-corrected chi connectivity index (χ2v) is 1.79. The summed E-state index contributed by atoms with van der Waals surface area (Å²) >= 11 is 0. The number of hydrogen-bond acceptors (Lipinski definition) is 2. The standard InChI is InChI=1S/C6H15NO/c1-4-7(3)6-8-5-2/h4-6H2,1-3H3. The molecule has 2 heteroatoms. The highest BCUT2D eigenvalue weighted by atomic mass is 16.5. The van der Waals surface area contributed by atoms with E-state index in [1.165, 1.54) is 0 Å². The number of ether oxygens (including phenoxy) is 1. The highest BCUT2D eigenvalue weighted by Crippen LogP contribution is 1.80. The first-order valence-corrected chi connectivity index (χ1v) is 3.07. The normalized spacial score (nSPS) is 10.5. The minimum Gasteiger partial charge on any atom is -0.366 e. The molecule has 0 saturated carbocycles. The Balaban J connectivity index is 2.86. The summed E-state index contributed by atoms with van der Waals surface area (Å²) in [6, 6.07) is 0. The van der Waals surface area contributed by atoms with Crippen molar-refractivity contribution in [1.29, 1.82) is 0 Å². The van der Waals surface area contributed by atoms with Gasteiger partial charge in [-0.1, -0.05) is 6.92 Å². The lowest BCUT2D eigenvalue weighted by Gasteiger charge is -2.11. The summed E-state index contributed by atoms with van der Waals surface area (Å²) in [6.07, 6.45) is 0. The Labute approximate surface area is 51.4 Å². The van der Waals surface area contributed by atoms with Crippen LogP contribution in [0.3, 0.4) is 0 Å². The smallest absolute Gasteiger partial charge is 0.0987 e. The first kappa shape index (κ1) is 7.92. The van der Waals surface area contributed by atoms with Crippen LogP contribution in [0.4, 0.5) is 0 Å². The predicted molar refractivity (Wildman–Crippen MR) is 34.8 cm³/mol. The minimum atomic E-state index is 0.757. The molecule has 0 aromatic rings. The number of hydrogen-bond donors (Lipinski definition) is 0. The van der Waals surface area contributed by atoms with Crippen LogP contribution in [0.2, 0.25) is 0 Å². The molecular formula is C6H15NO. The van der Waals surface area contributed by atoms with Crippen molar-refractivity contribution >= 4 is 0 Å². The van der Waals surface area contributed by atoms with Crippen molar-refractivity contribution in [3.05, 3.63) is 0 Å². The van der Waals surface area contributed by atoms with Gasteiger partial charge in [-0.25, -0.2) is 0 Å². The van der Waals surface area contributed by atoms with E-state index in [1.807, 2.05) is 14.0 Å². The maximum absolute atomic E-state index is 5.11. The van der Waals surface area contributed by atoms with Crippen molar-refractivity contribution in [2.45, 2.75) is 13.8 Å². The van der Waals surface area contributed by atoms with Crippen molar-refractivity contribution in [2.75, 3.05) is 26.9 Å². The Bertz CT molecular complexity index is 47.8. The van der Waals surface area contributed by atoms with Gasteiger partial charge in [0.25, 0.3) is 0 Å². The quantitative estimate of drug-likeness (QED) is 0.508. The highest BCUT2D eigenvalue weighted by Gasteiger charge is 1.88. The van der Waals surface area contributed by atoms with Gasteiger partial charge < -0.3 is 4.74 Å². The van der Waals surface area contributed by atoms with Crippen LogP contribution in [0.1, 0.15) is 13.8 Å². The van der Waals surface area contributed by atoms with Crippen molar-refractivity contribution in [1.82, 2.24) is 4.90 Å². The predicted octanol–water partition coefficient (Wildman–Crippen LogP) is 0.932. The molecule has 0 aromatic carbocycles. The van der Waals surface area contributed by atoms with E-state index in [9.17, 15) is 0 Å². The average molecular weight is 117 g/mol. The summed E-state index contributed by atoms with van der Waals surface area (Å²) in [4.78, 5) is 2.11. The Morgan fingerprint density at radius 3 is 2.38 bits per heavy atom. The molecule has 0 amide bonds. The molecule has 0 spiro atoms. The molecular weight excluding hydrogens is 102 g/mol. The molecule has 0 bridgehead atoms. The lowest BCUT2D eigenvalue weighted by Crippen LogP contribution is -2.20. The lowest BCUT2D eigenvalue weighted by molar-refractivity contribution is 0.0538. The Morgan fingerprint density at radius 2 is 2.00 bits per heavy atom. The van der Waals surface area contributed by atoms with Gasteiger partial charge in [-0.3, -0.25) is 4.90 Å². The molecule has 0 aromatic heterocycles. The van der Waals surface area contributed by atoms with Crippen LogP contribution in [0, 0.1) is 0 Å². The van der Waals surface area contributed by atoms with E-state index >= 15 is 0 Å². The molecule has 0 aliphatic carbocycles. The van der Waals surface area contributed by atoms with E-state index in [2.05, 4.69) is 11.8 Å². The van der Waals surface area contributed by atoms with Gasteiger partial charge in [0.15, 0.2) is 0 Å². The SMILES string of the molecule is CCOCN(C)CC. The highest BCUT2D eigenvalue weighted by molar-refractivity contribution is 4.33. The minimum absolute atomic E-state index is 0.757. The summed E-state index contributed by atoms with van der Waals surface area (Å²) in [5, 5.41) is 0. The molecule has 0 radical (unpaired) electrons. The molecule has 0 rings (SSSR count). The third-order valence-electron chi connectivity index (χ3n) is 1.06. The Morgan fingerprint density at radius 1 is 1.38 bits per heavy atom. The third-order valence-corrected chi connectivity index (χ3v) is 1.06. The summed E-state index contributed by atoms with van der Waals surface area (Å²) in [5.41, 5.74) is 0. The van der Waals surface area contributed by atoms with Crippen LogP contribution in [0.25, 0.3) is 0 Å². The maximum atomic E-state index is 5.11. The zero-order chi connectivity index (χ0) is 6.41. The number of nitrogens with zero attached hydrogens (tertiary/aromatic N) is 1. The fourth-order valence-corrected chi connectivity index (χ4v) is 0.338. The van der Waals surface area contributed by atoms with Gasteiger partial charge in [0, 0.05) is 6.61 Å². The van der Waals surface area contributed by atoms with Crippen LogP contribution in [-0.2, 0) is 4.74 Å². The van der Waals surface area contributed by atoms with Crippen LogP contribution >= 0.6 is 0 Å². The molecule has 0 heterocycles. The summed E-state index contributed by atoms with van der Waals surface area (Å²) in [6.45, 7) is 6.74.